The number of para-hydroxylation sites is 1. The number of epoxide rings is 3. The molecule has 3 aliphatic heterocycles. The third-order valence-electron chi connectivity index (χ3n) is 3.44. The lowest BCUT2D eigenvalue weighted by Gasteiger charge is -2.23. The van der Waals surface area contributed by atoms with Crippen molar-refractivity contribution in [1.29, 1.82) is 0 Å². The van der Waals surface area contributed by atoms with Crippen molar-refractivity contribution in [2.24, 2.45) is 5.73 Å². The Balaban J connectivity index is 0.000000205. The summed E-state index contributed by atoms with van der Waals surface area (Å²) in [6.07, 6.45) is 1.28. The highest BCUT2D eigenvalue weighted by molar-refractivity contribution is 5.46. The molecule has 0 aromatic heterocycles. The molecule has 110 valence electrons. The second-order valence-electron chi connectivity index (χ2n) is 5.34. The SMILES string of the molecule is NCC1CO1.c1ccc(N(CC2CO2)CC2CO2)cc1. The molecule has 3 aliphatic rings. The van der Waals surface area contributed by atoms with E-state index in [0.29, 0.717) is 24.9 Å². The second-order valence-corrected chi connectivity index (χ2v) is 5.34. The van der Waals surface area contributed by atoms with Gasteiger partial charge in [0.25, 0.3) is 0 Å². The Morgan fingerprint density at radius 3 is 1.75 bits per heavy atom. The van der Waals surface area contributed by atoms with Crippen molar-refractivity contribution in [3.8, 4) is 0 Å². The van der Waals surface area contributed by atoms with Gasteiger partial charge in [-0.1, -0.05) is 18.2 Å². The summed E-state index contributed by atoms with van der Waals surface area (Å²) in [5, 5.41) is 0. The smallest absolute Gasteiger partial charge is 0.0984 e. The van der Waals surface area contributed by atoms with E-state index in [1.54, 1.807) is 0 Å². The summed E-state index contributed by atoms with van der Waals surface area (Å²) in [5.41, 5.74) is 6.38. The fourth-order valence-electron chi connectivity index (χ4n) is 1.97. The molecule has 3 heterocycles. The van der Waals surface area contributed by atoms with Gasteiger partial charge in [0.2, 0.25) is 0 Å². The zero-order chi connectivity index (χ0) is 13.8. The van der Waals surface area contributed by atoms with E-state index < -0.39 is 0 Å². The molecule has 0 saturated carbocycles. The van der Waals surface area contributed by atoms with E-state index >= 15 is 0 Å². The topological polar surface area (TPSA) is 66.8 Å². The number of nitrogens with zero attached hydrogens (tertiary/aromatic N) is 1. The quantitative estimate of drug-likeness (QED) is 0.773. The Bertz CT molecular complexity index is 389. The van der Waals surface area contributed by atoms with Gasteiger partial charge in [-0.25, -0.2) is 0 Å². The molecule has 0 amide bonds. The van der Waals surface area contributed by atoms with E-state index in [0.717, 1.165) is 32.9 Å². The van der Waals surface area contributed by atoms with Crippen LogP contribution in [0.4, 0.5) is 5.69 Å². The summed E-state index contributed by atoms with van der Waals surface area (Å²) in [4.78, 5) is 2.36. The highest BCUT2D eigenvalue weighted by Crippen LogP contribution is 2.21. The first kappa shape index (κ1) is 13.8. The van der Waals surface area contributed by atoms with Crippen LogP contribution < -0.4 is 10.6 Å². The van der Waals surface area contributed by atoms with Crippen LogP contribution in [0.25, 0.3) is 0 Å². The van der Waals surface area contributed by atoms with Gasteiger partial charge >= 0.3 is 0 Å². The van der Waals surface area contributed by atoms with Crippen molar-refractivity contribution in [3.05, 3.63) is 30.3 Å². The van der Waals surface area contributed by atoms with Crippen LogP contribution in [0.15, 0.2) is 30.3 Å². The number of ether oxygens (including phenoxy) is 3. The van der Waals surface area contributed by atoms with Gasteiger partial charge in [0, 0.05) is 25.3 Å². The summed E-state index contributed by atoms with van der Waals surface area (Å²) in [6, 6.07) is 10.5. The molecular weight excluding hydrogens is 256 g/mol. The summed E-state index contributed by atoms with van der Waals surface area (Å²) < 4.78 is 15.3. The first-order valence-electron chi connectivity index (χ1n) is 7.20. The summed E-state index contributed by atoms with van der Waals surface area (Å²) in [5.74, 6) is 0. The normalized spacial score (nSPS) is 29.1. The van der Waals surface area contributed by atoms with Gasteiger partial charge in [0.15, 0.2) is 0 Å². The van der Waals surface area contributed by atoms with Crippen LogP contribution in [0.2, 0.25) is 0 Å². The molecule has 3 atom stereocenters. The Labute approximate surface area is 119 Å². The van der Waals surface area contributed by atoms with Crippen molar-refractivity contribution in [2.45, 2.75) is 18.3 Å². The Morgan fingerprint density at radius 2 is 1.40 bits per heavy atom. The minimum atomic E-state index is 0.412. The van der Waals surface area contributed by atoms with Crippen molar-refractivity contribution < 1.29 is 14.2 Å². The molecule has 1 aromatic rings. The second kappa shape index (κ2) is 6.54. The lowest BCUT2D eigenvalue weighted by molar-refractivity contribution is 0.389. The van der Waals surface area contributed by atoms with Crippen molar-refractivity contribution in [1.82, 2.24) is 0 Å². The summed E-state index contributed by atoms with van der Waals surface area (Å²) >= 11 is 0. The van der Waals surface area contributed by atoms with E-state index in [4.69, 9.17) is 19.9 Å². The van der Waals surface area contributed by atoms with Gasteiger partial charge < -0.3 is 24.8 Å². The molecule has 1 aromatic carbocycles. The average molecular weight is 278 g/mol. The van der Waals surface area contributed by atoms with Crippen LogP contribution in [-0.2, 0) is 14.2 Å². The minimum absolute atomic E-state index is 0.412. The van der Waals surface area contributed by atoms with Crippen LogP contribution in [0.1, 0.15) is 0 Å². The molecule has 0 radical (unpaired) electrons. The highest BCUT2D eigenvalue weighted by atomic mass is 16.6. The van der Waals surface area contributed by atoms with Gasteiger partial charge in [-0.2, -0.15) is 0 Å². The molecule has 5 heteroatoms. The van der Waals surface area contributed by atoms with Crippen LogP contribution >= 0.6 is 0 Å². The number of hydrogen-bond donors (Lipinski definition) is 1. The van der Waals surface area contributed by atoms with Gasteiger partial charge in [-0.15, -0.1) is 0 Å². The fourth-order valence-corrected chi connectivity index (χ4v) is 1.97. The first-order chi connectivity index (χ1) is 9.85. The monoisotopic (exact) mass is 278 g/mol. The average Bonchev–Trinajstić information content (AvgIpc) is 3.34. The number of anilines is 1. The van der Waals surface area contributed by atoms with E-state index in [1.807, 2.05) is 6.07 Å². The standard InChI is InChI=1S/C12H15NO2.C3H7NO/c1-2-4-10(5-3-1)13(6-11-8-14-11)7-12-9-15-12;4-1-3-2-5-3/h1-5,11-12H,6-9H2;3H,1-2,4H2. The van der Waals surface area contributed by atoms with Gasteiger partial charge in [0.1, 0.15) is 0 Å². The lowest BCUT2D eigenvalue weighted by atomic mass is 10.2. The molecule has 0 bridgehead atoms. The third kappa shape index (κ3) is 4.76. The maximum Gasteiger partial charge on any atom is 0.0984 e. The van der Waals surface area contributed by atoms with E-state index in [-0.39, 0.29) is 0 Å². The maximum absolute atomic E-state index is 5.28. The number of hydrogen-bond acceptors (Lipinski definition) is 5. The highest BCUT2D eigenvalue weighted by Gasteiger charge is 2.30. The Kier molecular flexibility index (Phi) is 4.52. The molecule has 4 rings (SSSR count). The van der Waals surface area contributed by atoms with Gasteiger partial charge in [-0.3, -0.25) is 0 Å². The zero-order valence-corrected chi connectivity index (χ0v) is 11.6. The van der Waals surface area contributed by atoms with E-state index in [2.05, 4.69) is 29.2 Å². The number of nitrogens with two attached hydrogens (primary N) is 1. The molecule has 5 nitrogen and oxygen atoms in total. The third-order valence-corrected chi connectivity index (χ3v) is 3.44. The van der Waals surface area contributed by atoms with Crippen molar-refractivity contribution >= 4 is 5.69 Å². The summed E-state index contributed by atoms with van der Waals surface area (Å²) in [7, 11) is 0. The molecular formula is C15H22N2O3. The first-order valence-corrected chi connectivity index (χ1v) is 7.20. The molecule has 3 fully saturated rings. The summed E-state index contributed by atoms with van der Waals surface area (Å²) in [6.45, 7) is 5.38. The van der Waals surface area contributed by atoms with Crippen LogP contribution in [-0.4, -0.2) is 57.8 Å². The van der Waals surface area contributed by atoms with Crippen LogP contribution in [0, 0.1) is 0 Å². The largest absolute Gasteiger partial charge is 0.372 e. The van der Waals surface area contributed by atoms with Crippen molar-refractivity contribution in [2.75, 3.05) is 44.4 Å². The predicted molar refractivity (Wildman–Crippen MR) is 76.9 cm³/mol. The molecule has 20 heavy (non-hydrogen) atoms. The Morgan fingerprint density at radius 1 is 0.900 bits per heavy atom. The van der Waals surface area contributed by atoms with E-state index in [1.165, 1.54) is 5.69 Å². The van der Waals surface area contributed by atoms with E-state index in [9.17, 15) is 0 Å². The molecule has 0 spiro atoms. The molecule has 3 unspecified atom stereocenters. The van der Waals surface area contributed by atoms with Gasteiger partial charge in [-0.05, 0) is 12.1 Å². The van der Waals surface area contributed by atoms with Crippen LogP contribution in [0.3, 0.4) is 0 Å². The maximum atomic E-state index is 5.28. The fraction of sp³-hybridized carbons (Fsp3) is 0.600. The van der Waals surface area contributed by atoms with Crippen LogP contribution in [0.5, 0.6) is 0 Å². The lowest BCUT2D eigenvalue weighted by Crippen LogP contribution is -2.31. The Hall–Kier alpha value is -1.14. The number of rotatable bonds is 6. The van der Waals surface area contributed by atoms with Gasteiger partial charge in [0.05, 0.1) is 38.1 Å². The van der Waals surface area contributed by atoms with Crippen molar-refractivity contribution in [3.63, 3.8) is 0 Å². The molecule has 0 aliphatic carbocycles. The molecule has 3 saturated heterocycles. The minimum Gasteiger partial charge on any atom is -0.372 e. The molecule has 2 N–H and O–H groups in total. The zero-order valence-electron chi connectivity index (χ0n) is 11.6. The number of benzene rings is 1. The predicted octanol–water partition coefficient (Wildman–Crippen LogP) is 0.635.